The number of carbonyl (C=O) groups is 2. The summed E-state index contributed by atoms with van der Waals surface area (Å²) in [6.07, 6.45) is 1.67. The fourth-order valence-corrected chi connectivity index (χ4v) is 4.41. The summed E-state index contributed by atoms with van der Waals surface area (Å²) in [5.41, 5.74) is 2.65. The van der Waals surface area contributed by atoms with Crippen LogP contribution < -0.4 is 10.1 Å². The van der Waals surface area contributed by atoms with E-state index in [0.717, 1.165) is 24.2 Å². The van der Waals surface area contributed by atoms with E-state index in [9.17, 15) is 9.59 Å². The molecule has 2 heterocycles. The molecule has 2 aliphatic rings. The average molecular weight is 408 g/mol. The van der Waals surface area contributed by atoms with Gasteiger partial charge in [-0.05, 0) is 49.1 Å². The molecule has 0 aromatic heterocycles. The lowest BCUT2D eigenvalue weighted by molar-refractivity contribution is -0.125. The minimum atomic E-state index is -0.530. The maximum atomic E-state index is 13.0. The van der Waals surface area contributed by atoms with Crippen LogP contribution in [0.1, 0.15) is 41.3 Å². The quantitative estimate of drug-likeness (QED) is 0.798. The number of amides is 2. The Kier molecular flexibility index (Phi) is 5.77. The van der Waals surface area contributed by atoms with Crippen LogP contribution in [0.4, 0.5) is 0 Å². The summed E-state index contributed by atoms with van der Waals surface area (Å²) in [5, 5.41) is 3.12. The number of methoxy groups -OCH3 is 1. The Morgan fingerprint density at radius 2 is 1.87 bits per heavy atom. The van der Waals surface area contributed by atoms with Crippen molar-refractivity contribution >= 4 is 11.8 Å². The Labute approximate surface area is 177 Å². The molecule has 0 aliphatic carbocycles. The lowest BCUT2D eigenvalue weighted by Crippen LogP contribution is -2.50. The molecule has 6 nitrogen and oxygen atoms in total. The largest absolute Gasteiger partial charge is 0.497 e. The van der Waals surface area contributed by atoms with Gasteiger partial charge in [-0.15, -0.1) is 0 Å². The molecule has 2 amide bonds. The standard InChI is InChI=1S/C24H28N2O4/c1-17(26-15-18-5-3-4-6-21(18)23(26)28)22(27)25-16-24(11-13-30-14-12-24)19-7-9-20(29-2)10-8-19/h3-10,17H,11-16H2,1-2H3,(H,25,27). The second kappa shape index (κ2) is 8.48. The topological polar surface area (TPSA) is 67.9 Å². The highest BCUT2D eigenvalue weighted by Crippen LogP contribution is 2.35. The third-order valence-corrected chi connectivity index (χ3v) is 6.45. The summed E-state index contributed by atoms with van der Waals surface area (Å²) < 4.78 is 10.9. The number of ether oxygens (including phenoxy) is 2. The molecule has 2 aromatic carbocycles. The van der Waals surface area contributed by atoms with Crippen molar-refractivity contribution in [2.24, 2.45) is 0 Å². The molecule has 0 saturated carbocycles. The number of nitrogens with one attached hydrogen (secondary N) is 1. The summed E-state index contributed by atoms with van der Waals surface area (Å²) in [6, 6.07) is 15.1. The van der Waals surface area contributed by atoms with E-state index in [-0.39, 0.29) is 17.2 Å². The molecule has 4 rings (SSSR count). The first kappa shape index (κ1) is 20.4. The molecule has 6 heteroatoms. The van der Waals surface area contributed by atoms with Crippen LogP contribution >= 0.6 is 0 Å². The molecule has 1 unspecified atom stereocenters. The first-order valence-corrected chi connectivity index (χ1v) is 10.4. The molecule has 2 aliphatic heterocycles. The van der Waals surface area contributed by atoms with E-state index in [0.29, 0.717) is 31.9 Å². The van der Waals surface area contributed by atoms with Crippen LogP contribution in [0.25, 0.3) is 0 Å². The van der Waals surface area contributed by atoms with Gasteiger partial charge in [0.15, 0.2) is 0 Å². The van der Waals surface area contributed by atoms with Crippen molar-refractivity contribution in [3.63, 3.8) is 0 Å². The van der Waals surface area contributed by atoms with E-state index in [4.69, 9.17) is 9.47 Å². The number of hydrogen-bond donors (Lipinski definition) is 1. The molecule has 1 N–H and O–H groups in total. The SMILES string of the molecule is COc1ccc(C2(CNC(=O)C(C)N3Cc4ccccc4C3=O)CCOCC2)cc1. The highest BCUT2D eigenvalue weighted by molar-refractivity contribution is 6.01. The maximum absolute atomic E-state index is 13.0. The summed E-state index contributed by atoms with van der Waals surface area (Å²) >= 11 is 0. The minimum Gasteiger partial charge on any atom is -0.497 e. The predicted molar refractivity (Wildman–Crippen MR) is 114 cm³/mol. The summed E-state index contributed by atoms with van der Waals surface area (Å²) in [5.74, 6) is 0.602. The Morgan fingerprint density at radius 1 is 1.17 bits per heavy atom. The number of hydrogen-bond acceptors (Lipinski definition) is 4. The van der Waals surface area contributed by atoms with Gasteiger partial charge < -0.3 is 19.7 Å². The predicted octanol–water partition coefficient (Wildman–Crippen LogP) is 2.90. The minimum absolute atomic E-state index is 0.0795. The zero-order valence-corrected chi connectivity index (χ0v) is 17.5. The number of benzene rings is 2. The Hall–Kier alpha value is -2.86. The van der Waals surface area contributed by atoms with Gasteiger partial charge in [-0.3, -0.25) is 9.59 Å². The van der Waals surface area contributed by atoms with Crippen molar-refractivity contribution < 1.29 is 19.1 Å². The summed E-state index contributed by atoms with van der Waals surface area (Å²) in [4.78, 5) is 27.3. The normalized spacial score (nSPS) is 18.6. The first-order chi connectivity index (χ1) is 14.5. The molecule has 1 atom stereocenters. The van der Waals surface area contributed by atoms with Gasteiger partial charge in [0.1, 0.15) is 11.8 Å². The highest BCUT2D eigenvalue weighted by atomic mass is 16.5. The van der Waals surface area contributed by atoms with E-state index < -0.39 is 6.04 Å². The van der Waals surface area contributed by atoms with Gasteiger partial charge in [-0.1, -0.05) is 30.3 Å². The monoisotopic (exact) mass is 408 g/mol. The average Bonchev–Trinajstić information content (AvgIpc) is 3.14. The van der Waals surface area contributed by atoms with Crippen LogP contribution in [0, 0.1) is 0 Å². The molecule has 0 bridgehead atoms. The molecule has 0 spiro atoms. The van der Waals surface area contributed by atoms with Crippen LogP contribution in [-0.4, -0.2) is 49.6 Å². The van der Waals surface area contributed by atoms with Crippen molar-refractivity contribution in [1.82, 2.24) is 10.2 Å². The Balaban J connectivity index is 1.46. The first-order valence-electron chi connectivity index (χ1n) is 10.4. The smallest absolute Gasteiger partial charge is 0.255 e. The van der Waals surface area contributed by atoms with Crippen molar-refractivity contribution in [3.05, 3.63) is 65.2 Å². The van der Waals surface area contributed by atoms with Gasteiger partial charge in [-0.25, -0.2) is 0 Å². The summed E-state index contributed by atoms with van der Waals surface area (Å²) in [7, 11) is 1.65. The van der Waals surface area contributed by atoms with Crippen molar-refractivity contribution in [1.29, 1.82) is 0 Å². The van der Waals surface area contributed by atoms with Crippen LogP contribution in [0.3, 0.4) is 0 Å². The second-order valence-electron chi connectivity index (χ2n) is 8.11. The number of carbonyl (C=O) groups excluding carboxylic acids is 2. The molecular weight excluding hydrogens is 380 g/mol. The molecule has 0 radical (unpaired) electrons. The zero-order chi connectivity index (χ0) is 21.1. The summed E-state index contributed by atoms with van der Waals surface area (Å²) in [6.45, 7) is 4.11. The van der Waals surface area contributed by atoms with Gasteiger partial charge in [0.25, 0.3) is 5.91 Å². The molecule has 2 aromatic rings. The van der Waals surface area contributed by atoms with Crippen LogP contribution in [0.2, 0.25) is 0 Å². The fraction of sp³-hybridized carbons (Fsp3) is 0.417. The molecule has 1 saturated heterocycles. The zero-order valence-electron chi connectivity index (χ0n) is 17.5. The van der Waals surface area contributed by atoms with E-state index in [1.165, 1.54) is 5.56 Å². The van der Waals surface area contributed by atoms with Gasteiger partial charge in [-0.2, -0.15) is 0 Å². The van der Waals surface area contributed by atoms with E-state index in [2.05, 4.69) is 17.4 Å². The third-order valence-electron chi connectivity index (χ3n) is 6.45. The van der Waals surface area contributed by atoms with Gasteiger partial charge in [0, 0.05) is 37.3 Å². The second-order valence-corrected chi connectivity index (χ2v) is 8.11. The van der Waals surface area contributed by atoms with E-state index in [1.54, 1.807) is 18.9 Å². The molecule has 30 heavy (non-hydrogen) atoms. The third kappa shape index (κ3) is 3.79. The number of fused-ring (bicyclic) bond motifs is 1. The molecule has 158 valence electrons. The number of rotatable bonds is 6. The van der Waals surface area contributed by atoms with Gasteiger partial charge >= 0.3 is 0 Å². The molecule has 1 fully saturated rings. The highest BCUT2D eigenvalue weighted by Gasteiger charge is 2.37. The fourth-order valence-electron chi connectivity index (χ4n) is 4.41. The number of nitrogens with zero attached hydrogens (tertiary/aromatic N) is 1. The van der Waals surface area contributed by atoms with E-state index >= 15 is 0 Å². The van der Waals surface area contributed by atoms with Crippen molar-refractivity contribution in [3.8, 4) is 5.75 Å². The van der Waals surface area contributed by atoms with Crippen LogP contribution in [0.5, 0.6) is 5.75 Å². The Bertz CT molecular complexity index is 919. The van der Waals surface area contributed by atoms with Crippen molar-refractivity contribution in [2.75, 3.05) is 26.9 Å². The van der Waals surface area contributed by atoms with Gasteiger partial charge in [0.05, 0.1) is 7.11 Å². The maximum Gasteiger partial charge on any atom is 0.255 e. The lowest BCUT2D eigenvalue weighted by Gasteiger charge is -2.38. The van der Waals surface area contributed by atoms with Crippen LogP contribution in [0.15, 0.2) is 48.5 Å². The Morgan fingerprint density at radius 3 is 2.53 bits per heavy atom. The molecular formula is C24H28N2O4. The van der Waals surface area contributed by atoms with E-state index in [1.807, 2.05) is 36.4 Å². The van der Waals surface area contributed by atoms with Gasteiger partial charge in [0.2, 0.25) is 5.91 Å². The van der Waals surface area contributed by atoms with Crippen molar-refractivity contribution in [2.45, 2.75) is 37.8 Å². The lowest BCUT2D eigenvalue weighted by atomic mass is 9.74. The van der Waals surface area contributed by atoms with Crippen LogP contribution in [-0.2, 0) is 21.5 Å².